The molecule has 0 radical (unpaired) electrons. The summed E-state index contributed by atoms with van der Waals surface area (Å²) >= 11 is 14.2. The zero-order valence-electron chi connectivity index (χ0n) is 13.9. The molecule has 0 bridgehead atoms. The second-order valence-electron chi connectivity index (χ2n) is 5.10. The van der Waals surface area contributed by atoms with Crippen LogP contribution in [0.1, 0.15) is 5.56 Å². The second kappa shape index (κ2) is 10.7. The van der Waals surface area contributed by atoms with E-state index in [0.29, 0.717) is 10.8 Å². The van der Waals surface area contributed by atoms with E-state index in [1.165, 1.54) is 6.08 Å². The monoisotopic (exact) mass is 467 g/mol. The third-order valence-corrected chi connectivity index (χ3v) is 4.02. The lowest BCUT2D eigenvalue weighted by Crippen LogP contribution is -2.49. The predicted octanol–water partition coefficient (Wildman–Crippen LogP) is 3.22. The quantitative estimate of drug-likeness (QED) is 0.357. The summed E-state index contributed by atoms with van der Waals surface area (Å²) in [4.78, 5) is 23.5. The maximum atomic E-state index is 11.8. The van der Waals surface area contributed by atoms with E-state index in [1.807, 2.05) is 30.3 Å². The number of carbonyl (C=O) groups is 2. The molecule has 0 saturated carbocycles. The van der Waals surface area contributed by atoms with Crippen molar-refractivity contribution in [3.8, 4) is 5.75 Å². The Hall–Kier alpha value is -2.42. The molecule has 140 valence electrons. The van der Waals surface area contributed by atoms with E-state index in [2.05, 4.69) is 32.1 Å². The molecule has 2 aromatic rings. The lowest BCUT2D eigenvalue weighted by atomic mass is 10.2. The molecule has 2 rings (SSSR count). The topological polar surface area (TPSA) is 79.5 Å². The number of thiocarbonyl (C=S) groups is 1. The molecular formula is C18H15BrClN3O3S. The van der Waals surface area contributed by atoms with Crippen molar-refractivity contribution in [2.24, 2.45) is 0 Å². The number of amides is 2. The average molecular weight is 469 g/mol. The summed E-state index contributed by atoms with van der Waals surface area (Å²) in [7, 11) is 0. The molecule has 0 aliphatic carbocycles. The number of benzene rings is 2. The Morgan fingerprint density at radius 1 is 1.15 bits per heavy atom. The smallest absolute Gasteiger partial charge is 0.276 e. The van der Waals surface area contributed by atoms with Gasteiger partial charge in [-0.15, -0.1) is 0 Å². The molecule has 0 spiro atoms. The first kappa shape index (κ1) is 20.9. The van der Waals surface area contributed by atoms with E-state index >= 15 is 0 Å². The molecule has 3 N–H and O–H groups in total. The van der Waals surface area contributed by atoms with Crippen molar-refractivity contribution in [1.82, 2.24) is 16.2 Å². The van der Waals surface area contributed by atoms with Crippen LogP contribution in [0.2, 0.25) is 5.02 Å². The lowest BCUT2D eigenvalue weighted by Gasteiger charge is -2.11. The van der Waals surface area contributed by atoms with Crippen LogP contribution in [-0.4, -0.2) is 23.5 Å². The molecule has 27 heavy (non-hydrogen) atoms. The van der Waals surface area contributed by atoms with Gasteiger partial charge in [0.2, 0.25) is 5.91 Å². The van der Waals surface area contributed by atoms with Gasteiger partial charge in [0.15, 0.2) is 11.7 Å². The van der Waals surface area contributed by atoms with Crippen molar-refractivity contribution in [3.63, 3.8) is 0 Å². The Morgan fingerprint density at radius 2 is 1.89 bits per heavy atom. The van der Waals surface area contributed by atoms with Gasteiger partial charge in [-0.05, 0) is 42.1 Å². The van der Waals surface area contributed by atoms with Gasteiger partial charge in [-0.2, -0.15) is 0 Å². The molecule has 0 aromatic heterocycles. The zero-order valence-corrected chi connectivity index (χ0v) is 17.0. The fourth-order valence-corrected chi connectivity index (χ4v) is 2.70. The Labute approximate surface area is 175 Å². The molecule has 0 aliphatic rings. The van der Waals surface area contributed by atoms with Crippen molar-refractivity contribution in [1.29, 1.82) is 0 Å². The van der Waals surface area contributed by atoms with Gasteiger partial charge in [0.25, 0.3) is 5.91 Å². The van der Waals surface area contributed by atoms with E-state index in [0.717, 1.165) is 10.0 Å². The van der Waals surface area contributed by atoms with Crippen LogP contribution < -0.4 is 20.9 Å². The molecule has 0 atom stereocenters. The van der Waals surface area contributed by atoms with E-state index in [-0.39, 0.29) is 11.7 Å². The van der Waals surface area contributed by atoms with Crippen molar-refractivity contribution in [2.75, 3.05) is 6.61 Å². The SMILES string of the molecule is O=C(C=Cc1ccccc1)NC(=S)NNC(=O)COc1ccc(Br)cc1Cl. The Kier molecular flexibility index (Phi) is 8.25. The molecule has 2 aromatic carbocycles. The van der Waals surface area contributed by atoms with Gasteiger partial charge >= 0.3 is 0 Å². The number of rotatable bonds is 5. The highest BCUT2D eigenvalue weighted by atomic mass is 79.9. The van der Waals surface area contributed by atoms with Crippen LogP contribution in [0.5, 0.6) is 5.75 Å². The minimum Gasteiger partial charge on any atom is -0.482 e. The van der Waals surface area contributed by atoms with Gasteiger partial charge in [-0.3, -0.25) is 25.8 Å². The van der Waals surface area contributed by atoms with Crippen LogP contribution in [-0.2, 0) is 9.59 Å². The number of hydrazine groups is 1. The molecule has 9 heteroatoms. The second-order valence-corrected chi connectivity index (χ2v) is 6.83. The third kappa shape index (κ3) is 7.78. The van der Waals surface area contributed by atoms with E-state index in [1.54, 1.807) is 24.3 Å². The highest BCUT2D eigenvalue weighted by molar-refractivity contribution is 9.10. The van der Waals surface area contributed by atoms with Crippen LogP contribution in [0.15, 0.2) is 59.1 Å². The van der Waals surface area contributed by atoms with Gasteiger partial charge in [0.1, 0.15) is 5.75 Å². The molecule has 0 heterocycles. The van der Waals surface area contributed by atoms with Crippen molar-refractivity contribution < 1.29 is 14.3 Å². The number of hydrogen-bond acceptors (Lipinski definition) is 4. The maximum Gasteiger partial charge on any atom is 0.276 e. The Bertz CT molecular complexity index is 862. The maximum absolute atomic E-state index is 11.8. The summed E-state index contributed by atoms with van der Waals surface area (Å²) in [5.41, 5.74) is 5.61. The minimum atomic E-state index is -0.495. The molecule has 0 saturated heterocycles. The van der Waals surface area contributed by atoms with Crippen LogP contribution in [0, 0.1) is 0 Å². The van der Waals surface area contributed by atoms with Gasteiger partial charge < -0.3 is 4.74 Å². The largest absolute Gasteiger partial charge is 0.482 e. The summed E-state index contributed by atoms with van der Waals surface area (Å²) in [6.07, 6.45) is 2.98. The van der Waals surface area contributed by atoms with Crippen LogP contribution in [0.25, 0.3) is 6.08 Å². The third-order valence-electron chi connectivity index (χ3n) is 3.03. The molecule has 2 amide bonds. The Balaban J connectivity index is 1.70. The molecular weight excluding hydrogens is 454 g/mol. The first-order valence-corrected chi connectivity index (χ1v) is 9.23. The minimum absolute atomic E-state index is 0.0484. The zero-order chi connectivity index (χ0) is 19.6. The number of halogens is 2. The Morgan fingerprint density at radius 3 is 2.59 bits per heavy atom. The van der Waals surface area contributed by atoms with Gasteiger partial charge in [-0.1, -0.05) is 57.9 Å². The lowest BCUT2D eigenvalue weighted by molar-refractivity contribution is -0.123. The summed E-state index contributed by atoms with van der Waals surface area (Å²) in [6, 6.07) is 14.4. The van der Waals surface area contributed by atoms with Gasteiger partial charge in [-0.25, -0.2) is 0 Å². The molecule has 0 aliphatic heterocycles. The van der Waals surface area contributed by atoms with E-state index in [4.69, 9.17) is 28.6 Å². The van der Waals surface area contributed by atoms with E-state index in [9.17, 15) is 9.59 Å². The van der Waals surface area contributed by atoms with Crippen LogP contribution in [0.3, 0.4) is 0 Å². The molecule has 0 unspecified atom stereocenters. The summed E-state index contributed by atoms with van der Waals surface area (Å²) in [5, 5.41) is 2.73. The summed E-state index contributed by atoms with van der Waals surface area (Å²) in [5.74, 6) is -0.550. The van der Waals surface area contributed by atoms with Crippen molar-refractivity contribution in [2.45, 2.75) is 0 Å². The highest BCUT2D eigenvalue weighted by Crippen LogP contribution is 2.27. The number of carbonyl (C=O) groups excluding carboxylic acids is 2. The van der Waals surface area contributed by atoms with E-state index < -0.39 is 11.8 Å². The van der Waals surface area contributed by atoms with Gasteiger partial charge in [0.05, 0.1) is 5.02 Å². The molecule has 0 fully saturated rings. The van der Waals surface area contributed by atoms with Crippen molar-refractivity contribution >= 4 is 62.8 Å². The highest BCUT2D eigenvalue weighted by Gasteiger charge is 2.07. The van der Waals surface area contributed by atoms with Gasteiger partial charge in [0, 0.05) is 10.5 Å². The fourth-order valence-electron chi connectivity index (χ4n) is 1.82. The normalized spacial score (nSPS) is 10.3. The first-order chi connectivity index (χ1) is 12.9. The van der Waals surface area contributed by atoms with Crippen LogP contribution in [0.4, 0.5) is 0 Å². The summed E-state index contributed by atoms with van der Waals surface area (Å²) in [6.45, 7) is -0.279. The number of hydrogen-bond donors (Lipinski definition) is 3. The van der Waals surface area contributed by atoms with Crippen LogP contribution >= 0.6 is 39.7 Å². The predicted molar refractivity (Wildman–Crippen MR) is 112 cm³/mol. The average Bonchev–Trinajstić information content (AvgIpc) is 2.65. The number of nitrogens with one attached hydrogen (secondary N) is 3. The number of ether oxygens (including phenoxy) is 1. The standard InChI is InChI=1S/C18H15BrClN3O3S/c19-13-7-8-15(14(20)10-13)26-11-17(25)22-23-18(27)21-16(24)9-6-12-4-2-1-3-5-12/h1-10H,11H2,(H,22,25)(H2,21,23,24,27). The van der Waals surface area contributed by atoms with Crippen molar-refractivity contribution in [3.05, 3.63) is 69.7 Å². The first-order valence-electron chi connectivity index (χ1n) is 7.65. The summed E-state index contributed by atoms with van der Waals surface area (Å²) < 4.78 is 6.11. The fraction of sp³-hybridized carbons (Fsp3) is 0.0556. The molecule has 6 nitrogen and oxygen atoms in total.